The Balaban J connectivity index is 1.45. The molecule has 8 nitrogen and oxygen atoms in total. The summed E-state index contributed by atoms with van der Waals surface area (Å²) in [7, 11) is -3.21. The number of carbonyl (C=O) groups excluding carboxylic acids is 2. The SMILES string of the molecule is Cc1cccc2c(CCNC(=O)C(=O)NC3CCN(S(C)(=O)=O)CC3)c[nH]c12. The van der Waals surface area contributed by atoms with Crippen LogP contribution in [0.1, 0.15) is 24.0 Å². The summed E-state index contributed by atoms with van der Waals surface area (Å²) in [6.45, 7) is 3.10. The van der Waals surface area contributed by atoms with Crippen molar-refractivity contribution in [2.45, 2.75) is 32.2 Å². The van der Waals surface area contributed by atoms with E-state index >= 15 is 0 Å². The van der Waals surface area contributed by atoms with Gasteiger partial charge in [-0.3, -0.25) is 9.59 Å². The Bertz CT molecular complexity index is 975. The molecule has 9 heteroatoms. The van der Waals surface area contributed by atoms with Crippen molar-refractivity contribution in [3.63, 3.8) is 0 Å². The van der Waals surface area contributed by atoms with Crippen molar-refractivity contribution >= 4 is 32.7 Å². The Morgan fingerprint density at radius 2 is 1.93 bits per heavy atom. The molecule has 28 heavy (non-hydrogen) atoms. The Labute approximate surface area is 164 Å². The first-order valence-electron chi connectivity index (χ1n) is 9.35. The first-order chi connectivity index (χ1) is 13.3. The molecule has 1 aliphatic heterocycles. The van der Waals surface area contributed by atoms with E-state index in [1.54, 1.807) is 0 Å². The number of fused-ring (bicyclic) bond motifs is 1. The molecule has 0 atom stereocenters. The standard InChI is InChI=1S/C19H26N4O4S/c1-13-4-3-5-16-14(12-21-17(13)16)6-9-20-18(24)19(25)22-15-7-10-23(11-8-15)28(2,26)27/h3-5,12,15,21H,6-11H2,1-2H3,(H,20,24)(H,22,25). The summed E-state index contributed by atoms with van der Waals surface area (Å²) < 4.78 is 24.4. The summed E-state index contributed by atoms with van der Waals surface area (Å²) in [5.74, 6) is -1.34. The average Bonchev–Trinajstić information content (AvgIpc) is 3.06. The summed E-state index contributed by atoms with van der Waals surface area (Å²) in [5.41, 5.74) is 3.34. The van der Waals surface area contributed by atoms with Crippen LogP contribution in [0.3, 0.4) is 0 Å². The van der Waals surface area contributed by atoms with Gasteiger partial charge in [0, 0.05) is 42.8 Å². The van der Waals surface area contributed by atoms with Gasteiger partial charge in [-0.05, 0) is 37.3 Å². The van der Waals surface area contributed by atoms with Crippen molar-refractivity contribution in [2.24, 2.45) is 0 Å². The van der Waals surface area contributed by atoms with E-state index in [2.05, 4.69) is 15.6 Å². The van der Waals surface area contributed by atoms with Crippen LogP contribution in [0.2, 0.25) is 0 Å². The van der Waals surface area contributed by atoms with E-state index < -0.39 is 21.8 Å². The number of benzene rings is 1. The highest BCUT2D eigenvalue weighted by Crippen LogP contribution is 2.21. The normalized spacial score (nSPS) is 16.2. The molecule has 0 radical (unpaired) electrons. The molecule has 2 heterocycles. The highest BCUT2D eigenvalue weighted by molar-refractivity contribution is 7.88. The maximum absolute atomic E-state index is 12.1. The number of sulfonamides is 1. The summed E-state index contributed by atoms with van der Waals surface area (Å²) >= 11 is 0. The van der Waals surface area contributed by atoms with Crippen molar-refractivity contribution in [1.29, 1.82) is 0 Å². The third-order valence-corrected chi connectivity index (χ3v) is 6.46. The molecule has 3 rings (SSSR count). The second-order valence-corrected chi connectivity index (χ2v) is 9.21. The third-order valence-electron chi connectivity index (χ3n) is 5.15. The molecule has 1 saturated heterocycles. The molecule has 1 aromatic carbocycles. The van der Waals surface area contributed by atoms with Gasteiger partial charge in [0.25, 0.3) is 0 Å². The van der Waals surface area contributed by atoms with Crippen LogP contribution in [0, 0.1) is 6.92 Å². The molecule has 1 aromatic heterocycles. The Kier molecular flexibility index (Phi) is 6.04. The summed E-state index contributed by atoms with van der Waals surface area (Å²) in [6.07, 6.45) is 4.73. The maximum atomic E-state index is 12.1. The monoisotopic (exact) mass is 406 g/mol. The number of nitrogens with one attached hydrogen (secondary N) is 3. The Morgan fingerprint density at radius 3 is 2.61 bits per heavy atom. The molecule has 3 N–H and O–H groups in total. The molecule has 0 unspecified atom stereocenters. The fourth-order valence-electron chi connectivity index (χ4n) is 3.54. The number of aryl methyl sites for hydroxylation is 1. The maximum Gasteiger partial charge on any atom is 0.309 e. The Hall–Kier alpha value is -2.39. The zero-order chi connectivity index (χ0) is 20.3. The van der Waals surface area contributed by atoms with Crippen LogP contribution < -0.4 is 10.6 Å². The molecule has 1 fully saturated rings. The topological polar surface area (TPSA) is 111 Å². The number of amides is 2. The van der Waals surface area contributed by atoms with E-state index in [1.165, 1.54) is 10.6 Å². The van der Waals surface area contributed by atoms with Crippen LogP contribution in [0.4, 0.5) is 0 Å². The van der Waals surface area contributed by atoms with E-state index in [-0.39, 0.29) is 6.04 Å². The molecule has 2 amide bonds. The number of nitrogens with zero attached hydrogens (tertiary/aromatic N) is 1. The smallest absolute Gasteiger partial charge is 0.309 e. The van der Waals surface area contributed by atoms with Crippen LogP contribution in [0.15, 0.2) is 24.4 Å². The number of rotatable bonds is 5. The quantitative estimate of drug-likeness (QED) is 0.634. The van der Waals surface area contributed by atoms with E-state index in [0.29, 0.717) is 38.9 Å². The molecule has 2 aromatic rings. The number of para-hydroxylation sites is 1. The van der Waals surface area contributed by atoms with Gasteiger partial charge in [0.1, 0.15) is 0 Å². The van der Waals surface area contributed by atoms with Gasteiger partial charge in [-0.2, -0.15) is 0 Å². The molecule has 1 aliphatic rings. The van der Waals surface area contributed by atoms with Gasteiger partial charge in [-0.25, -0.2) is 12.7 Å². The number of aromatic amines is 1. The predicted octanol–water partition coefficient (Wildman–Crippen LogP) is 0.675. The lowest BCUT2D eigenvalue weighted by atomic mass is 10.1. The van der Waals surface area contributed by atoms with Gasteiger partial charge >= 0.3 is 11.8 Å². The number of hydrogen-bond donors (Lipinski definition) is 3. The van der Waals surface area contributed by atoms with E-state index in [1.807, 2.05) is 31.3 Å². The van der Waals surface area contributed by atoms with Gasteiger partial charge in [0.2, 0.25) is 10.0 Å². The molecular formula is C19H26N4O4S. The first-order valence-corrected chi connectivity index (χ1v) is 11.2. The van der Waals surface area contributed by atoms with Crippen LogP contribution in [-0.2, 0) is 26.0 Å². The minimum Gasteiger partial charge on any atom is -0.361 e. The summed E-state index contributed by atoms with van der Waals surface area (Å²) in [6, 6.07) is 5.88. The van der Waals surface area contributed by atoms with E-state index in [4.69, 9.17) is 0 Å². The van der Waals surface area contributed by atoms with Gasteiger partial charge in [-0.15, -0.1) is 0 Å². The second kappa shape index (κ2) is 8.32. The van der Waals surface area contributed by atoms with Gasteiger partial charge in [0.15, 0.2) is 0 Å². The molecule has 0 aliphatic carbocycles. The number of aromatic nitrogens is 1. The first kappa shape index (κ1) is 20.3. The number of carbonyl (C=O) groups is 2. The molecule has 0 spiro atoms. The van der Waals surface area contributed by atoms with Crippen molar-refractivity contribution in [3.05, 3.63) is 35.5 Å². The fourth-order valence-corrected chi connectivity index (χ4v) is 4.42. The van der Waals surface area contributed by atoms with Crippen LogP contribution in [0.5, 0.6) is 0 Å². The van der Waals surface area contributed by atoms with E-state index in [9.17, 15) is 18.0 Å². The fraction of sp³-hybridized carbons (Fsp3) is 0.474. The van der Waals surface area contributed by atoms with Crippen molar-refractivity contribution < 1.29 is 18.0 Å². The van der Waals surface area contributed by atoms with Gasteiger partial charge < -0.3 is 15.6 Å². The zero-order valence-corrected chi connectivity index (χ0v) is 16.9. The largest absolute Gasteiger partial charge is 0.361 e. The van der Waals surface area contributed by atoms with Gasteiger partial charge in [0.05, 0.1) is 6.26 Å². The molecule has 0 bridgehead atoms. The number of hydrogen-bond acceptors (Lipinski definition) is 4. The Morgan fingerprint density at radius 1 is 1.21 bits per heavy atom. The van der Waals surface area contributed by atoms with Crippen molar-refractivity contribution in [2.75, 3.05) is 25.9 Å². The lowest BCUT2D eigenvalue weighted by molar-refractivity contribution is -0.139. The van der Waals surface area contributed by atoms with Crippen LogP contribution in [-0.4, -0.2) is 61.5 Å². The molecular weight excluding hydrogens is 380 g/mol. The van der Waals surface area contributed by atoms with Crippen LogP contribution in [0.25, 0.3) is 10.9 Å². The highest BCUT2D eigenvalue weighted by Gasteiger charge is 2.27. The lowest BCUT2D eigenvalue weighted by Gasteiger charge is -2.30. The predicted molar refractivity (Wildman–Crippen MR) is 107 cm³/mol. The number of H-pyrrole nitrogens is 1. The van der Waals surface area contributed by atoms with Gasteiger partial charge in [-0.1, -0.05) is 18.2 Å². The molecule has 152 valence electrons. The third kappa shape index (κ3) is 4.71. The minimum absolute atomic E-state index is 0.187. The lowest BCUT2D eigenvalue weighted by Crippen LogP contribution is -2.50. The van der Waals surface area contributed by atoms with Crippen molar-refractivity contribution in [3.8, 4) is 0 Å². The highest BCUT2D eigenvalue weighted by atomic mass is 32.2. The second-order valence-electron chi connectivity index (χ2n) is 7.23. The summed E-state index contributed by atoms with van der Waals surface area (Å²) in [4.78, 5) is 27.4. The molecule has 0 saturated carbocycles. The van der Waals surface area contributed by atoms with E-state index in [0.717, 1.165) is 22.0 Å². The summed E-state index contributed by atoms with van der Waals surface area (Å²) in [5, 5.41) is 6.47. The van der Waals surface area contributed by atoms with Crippen LogP contribution >= 0.6 is 0 Å². The number of piperidine rings is 1. The van der Waals surface area contributed by atoms with Crippen molar-refractivity contribution in [1.82, 2.24) is 19.9 Å². The zero-order valence-electron chi connectivity index (χ0n) is 16.1. The minimum atomic E-state index is -3.21. The average molecular weight is 407 g/mol.